The van der Waals surface area contributed by atoms with Crippen molar-refractivity contribution in [3.63, 3.8) is 0 Å². The molecule has 0 fully saturated rings. The summed E-state index contributed by atoms with van der Waals surface area (Å²) in [6, 6.07) is 9.63. The van der Waals surface area contributed by atoms with Gasteiger partial charge in [0.25, 0.3) is 0 Å². The molecule has 0 aliphatic rings. The van der Waals surface area contributed by atoms with Gasteiger partial charge in [0, 0.05) is 12.2 Å². The Kier molecular flexibility index (Phi) is 7.28. The Hall–Kier alpha value is -0.409. The molecule has 0 aromatic heterocycles. The summed E-state index contributed by atoms with van der Waals surface area (Å²) < 4.78 is 13.1. The molecule has 132 valence electrons. The fraction of sp³-hybridized carbons (Fsp3) is 0.647. The van der Waals surface area contributed by atoms with Gasteiger partial charge in [0.2, 0.25) is 0 Å². The van der Waals surface area contributed by atoms with Crippen molar-refractivity contribution in [1.29, 1.82) is 0 Å². The summed E-state index contributed by atoms with van der Waals surface area (Å²) in [5, 5.41) is 3.50. The SMILES string of the molecule is Cc1ccc(NCCC[Si](C)(O[Si](C)(C)C)O[Si](C)(C)C)cc1. The molecule has 0 unspecified atom stereocenters. The topological polar surface area (TPSA) is 30.5 Å². The predicted molar refractivity (Wildman–Crippen MR) is 110 cm³/mol. The molecule has 1 rings (SSSR count). The van der Waals surface area contributed by atoms with Gasteiger partial charge in [-0.25, -0.2) is 0 Å². The van der Waals surface area contributed by atoms with Crippen LogP contribution in [0.2, 0.25) is 51.9 Å². The van der Waals surface area contributed by atoms with Crippen LogP contribution in [0.25, 0.3) is 0 Å². The van der Waals surface area contributed by atoms with E-state index in [1.165, 1.54) is 11.3 Å². The van der Waals surface area contributed by atoms with Gasteiger partial charge in [-0.05, 0) is 77.4 Å². The van der Waals surface area contributed by atoms with Crippen molar-refractivity contribution in [1.82, 2.24) is 0 Å². The van der Waals surface area contributed by atoms with Crippen molar-refractivity contribution < 1.29 is 8.23 Å². The molecular weight excluding hydrogens is 334 g/mol. The molecule has 0 saturated heterocycles. The maximum Gasteiger partial charge on any atom is 0.314 e. The second-order valence-corrected chi connectivity index (χ2v) is 21.3. The van der Waals surface area contributed by atoms with Gasteiger partial charge in [-0.1, -0.05) is 17.7 Å². The van der Waals surface area contributed by atoms with Gasteiger partial charge in [0.15, 0.2) is 16.6 Å². The third-order valence-electron chi connectivity index (χ3n) is 3.23. The lowest BCUT2D eigenvalue weighted by molar-refractivity contribution is 0.382. The van der Waals surface area contributed by atoms with Crippen LogP contribution in [-0.2, 0) is 8.23 Å². The fourth-order valence-corrected chi connectivity index (χ4v) is 15.3. The third kappa shape index (κ3) is 9.46. The van der Waals surface area contributed by atoms with Gasteiger partial charge in [-0.3, -0.25) is 0 Å². The molecule has 0 saturated carbocycles. The van der Waals surface area contributed by atoms with E-state index in [0.717, 1.165) is 19.0 Å². The number of aryl methyl sites for hydroxylation is 1. The Morgan fingerprint density at radius 3 is 1.74 bits per heavy atom. The highest BCUT2D eigenvalue weighted by molar-refractivity contribution is 6.87. The van der Waals surface area contributed by atoms with E-state index in [1.807, 2.05) is 0 Å². The van der Waals surface area contributed by atoms with Gasteiger partial charge in [0.1, 0.15) is 0 Å². The first-order valence-electron chi connectivity index (χ1n) is 8.59. The Bertz CT molecular complexity index is 462. The van der Waals surface area contributed by atoms with Gasteiger partial charge in [-0.2, -0.15) is 0 Å². The van der Waals surface area contributed by atoms with Crippen LogP contribution in [-0.4, -0.2) is 31.7 Å². The molecule has 0 spiro atoms. The van der Waals surface area contributed by atoms with Crippen LogP contribution >= 0.6 is 0 Å². The molecule has 0 amide bonds. The van der Waals surface area contributed by atoms with Gasteiger partial charge >= 0.3 is 8.56 Å². The van der Waals surface area contributed by atoms with Crippen molar-refractivity contribution in [3.05, 3.63) is 29.8 Å². The summed E-state index contributed by atoms with van der Waals surface area (Å²) in [6.45, 7) is 18.9. The lowest BCUT2D eigenvalue weighted by Crippen LogP contribution is -2.52. The van der Waals surface area contributed by atoms with Crippen molar-refractivity contribution in [2.24, 2.45) is 0 Å². The van der Waals surface area contributed by atoms with Crippen molar-refractivity contribution >= 4 is 30.9 Å². The monoisotopic (exact) mass is 369 g/mol. The lowest BCUT2D eigenvalue weighted by atomic mass is 10.2. The van der Waals surface area contributed by atoms with E-state index < -0.39 is 25.2 Å². The number of benzene rings is 1. The highest BCUT2D eigenvalue weighted by Crippen LogP contribution is 2.25. The number of nitrogens with one attached hydrogen (secondary N) is 1. The molecule has 3 nitrogen and oxygen atoms in total. The zero-order valence-corrected chi connectivity index (χ0v) is 19.2. The Morgan fingerprint density at radius 1 is 0.826 bits per heavy atom. The molecule has 0 aliphatic heterocycles. The highest BCUT2D eigenvalue weighted by Gasteiger charge is 2.39. The number of hydrogen-bond donors (Lipinski definition) is 1. The molecule has 23 heavy (non-hydrogen) atoms. The van der Waals surface area contributed by atoms with E-state index in [-0.39, 0.29) is 0 Å². The van der Waals surface area contributed by atoms with E-state index in [1.54, 1.807) is 0 Å². The maximum atomic E-state index is 6.53. The van der Waals surface area contributed by atoms with E-state index in [0.29, 0.717) is 0 Å². The van der Waals surface area contributed by atoms with Crippen LogP contribution < -0.4 is 5.32 Å². The smallest absolute Gasteiger partial charge is 0.314 e. The molecule has 0 radical (unpaired) electrons. The van der Waals surface area contributed by atoms with Gasteiger partial charge < -0.3 is 13.5 Å². The first-order chi connectivity index (χ1) is 10.4. The van der Waals surface area contributed by atoms with E-state index >= 15 is 0 Å². The highest BCUT2D eigenvalue weighted by atomic mass is 28.5. The molecule has 6 heteroatoms. The van der Waals surface area contributed by atoms with Crippen molar-refractivity contribution in [3.8, 4) is 0 Å². The summed E-state index contributed by atoms with van der Waals surface area (Å²) in [6.07, 6.45) is 1.09. The van der Waals surface area contributed by atoms with Crippen LogP contribution in [0.3, 0.4) is 0 Å². The molecule has 1 aromatic rings. The van der Waals surface area contributed by atoms with Crippen LogP contribution in [0.4, 0.5) is 5.69 Å². The summed E-state index contributed by atoms with van der Waals surface area (Å²) in [5.41, 5.74) is 2.49. The summed E-state index contributed by atoms with van der Waals surface area (Å²) in [5.74, 6) is 0. The Balaban J connectivity index is 2.55. The minimum Gasteiger partial charge on any atom is -0.437 e. The molecular formula is C17H35NO2Si3. The van der Waals surface area contributed by atoms with E-state index in [9.17, 15) is 0 Å². The second-order valence-electron chi connectivity index (χ2n) is 8.46. The van der Waals surface area contributed by atoms with Crippen LogP contribution in [0.1, 0.15) is 12.0 Å². The molecule has 1 aromatic carbocycles. The minimum absolute atomic E-state index is 0.968. The second kappa shape index (κ2) is 8.11. The van der Waals surface area contributed by atoms with Crippen LogP contribution in [0, 0.1) is 6.92 Å². The average Bonchev–Trinajstić information content (AvgIpc) is 2.32. The first-order valence-corrected chi connectivity index (χ1v) is 17.9. The zero-order chi connectivity index (χ0) is 17.7. The minimum atomic E-state index is -2.08. The largest absolute Gasteiger partial charge is 0.437 e. The number of anilines is 1. The van der Waals surface area contributed by atoms with Crippen LogP contribution in [0.5, 0.6) is 0 Å². The Labute approximate surface area is 146 Å². The molecule has 0 atom stereocenters. The average molecular weight is 370 g/mol. The summed E-state index contributed by atoms with van der Waals surface area (Å²) in [7, 11) is -5.25. The third-order valence-corrected chi connectivity index (χ3v) is 12.8. The molecule has 0 aliphatic carbocycles. The first kappa shape index (κ1) is 20.6. The summed E-state index contributed by atoms with van der Waals surface area (Å²) >= 11 is 0. The standard InChI is InChI=1S/C17H35NO2Si3/c1-16-10-12-17(13-11-16)18-14-9-15-23(8,19-21(2,3)4)20-22(5,6)7/h10-13,18H,9,14-15H2,1-8H3. The number of rotatable bonds is 9. The maximum absolute atomic E-state index is 6.53. The zero-order valence-electron chi connectivity index (χ0n) is 16.2. The van der Waals surface area contributed by atoms with Gasteiger partial charge in [0.05, 0.1) is 0 Å². The Morgan fingerprint density at radius 2 is 1.30 bits per heavy atom. The quantitative estimate of drug-likeness (QED) is 0.456. The van der Waals surface area contributed by atoms with Crippen molar-refractivity contribution in [2.45, 2.75) is 65.2 Å². The summed E-state index contributed by atoms with van der Waals surface area (Å²) in [4.78, 5) is 0. The van der Waals surface area contributed by atoms with Crippen molar-refractivity contribution in [2.75, 3.05) is 11.9 Å². The predicted octanol–water partition coefficient (Wildman–Crippen LogP) is 5.57. The van der Waals surface area contributed by atoms with E-state index in [4.69, 9.17) is 8.23 Å². The lowest BCUT2D eigenvalue weighted by Gasteiger charge is -2.38. The fourth-order valence-electron chi connectivity index (χ4n) is 2.73. The van der Waals surface area contributed by atoms with Gasteiger partial charge in [-0.15, -0.1) is 0 Å². The number of hydrogen-bond acceptors (Lipinski definition) is 3. The molecule has 0 heterocycles. The molecule has 0 bridgehead atoms. The normalized spacial score (nSPS) is 13.2. The van der Waals surface area contributed by atoms with E-state index in [2.05, 4.69) is 82.3 Å². The molecule has 1 N–H and O–H groups in total. The van der Waals surface area contributed by atoms with Crippen LogP contribution in [0.15, 0.2) is 24.3 Å².